The van der Waals surface area contributed by atoms with Gasteiger partial charge in [-0.05, 0) is 43.9 Å². The number of amides is 1. The number of carbonyl (C=O) groups excluding carboxylic acids is 1. The molecule has 20 heavy (non-hydrogen) atoms. The molecule has 1 aromatic carbocycles. The van der Waals surface area contributed by atoms with Crippen LogP contribution in [0.3, 0.4) is 0 Å². The Kier molecular flexibility index (Phi) is 5.46. The van der Waals surface area contributed by atoms with Crippen molar-refractivity contribution in [3.8, 4) is 0 Å². The van der Waals surface area contributed by atoms with Gasteiger partial charge in [-0.25, -0.2) is 5.48 Å². The summed E-state index contributed by atoms with van der Waals surface area (Å²) in [5, 5.41) is 17.4. The molecule has 5 heteroatoms. The van der Waals surface area contributed by atoms with E-state index in [9.17, 15) is 9.59 Å². The summed E-state index contributed by atoms with van der Waals surface area (Å²) >= 11 is 0. The number of nitrogens with one attached hydrogen (secondary N) is 1. The molecule has 0 heterocycles. The van der Waals surface area contributed by atoms with E-state index in [0.717, 1.165) is 11.1 Å². The smallest absolute Gasteiger partial charge is 0.309 e. The maximum atomic E-state index is 11.0. The van der Waals surface area contributed by atoms with Gasteiger partial charge in [-0.3, -0.25) is 14.8 Å². The fourth-order valence-corrected chi connectivity index (χ4v) is 1.57. The monoisotopic (exact) mass is 277 g/mol. The van der Waals surface area contributed by atoms with E-state index >= 15 is 0 Å². The number of aryl methyl sites for hydroxylation is 1. The van der Waals surface area contributed by atoms with Crippen LogP contribution in [0.5, 0.6) is 0 Å². The lowest BCUT2D eigenvalue weighted by molar-refractivity contribution is -0.147. The number of carbonyl (C=O) groups is 2. The normalized spacial score (nSPS) is 11.6. The summed E-state index contributed by atoms with van der Waals surface area (Å²) in [5.41, 5.74) is 2.65. The predicted octanol–water partition coefficient (Wildman–Crippen LogP) is 2.25. The summed E-state index contributed by atoms with van der Waals surface area (Å²) in [5.74, 6) is -1.38. The highest BCUT2D eigenvalue weighted by molar-refractivity contribution is 5.90. The Morgan fingerprint density at radius 2 is 1.85 bits per heavy atom. The summed E-state index contributed by atoms with van der Waals surface area (Å²) in [6.45, 7) is 3.42. The molecule has 0 bridgehead atoms. The van der Waals surface area contributed by atoms with Crippen LogP contribution in [0.4, 0.5) is 0 Å². The molecule has 0 aromatic heterocycles. The number of hydrogen-bond donors (Lipinski definition) is 3. The van der Waals surface area contributed by atoms with E-state index in [1.807, 2.05) is 24.3 Å². The second-order valence-corrected chi connectivity index (χ2v) is 5.24. The number of rotatable bonds is 6. The Morgan fingerprint density at radius 1 is 1.25 bits per heavy atom. The van der Waals surface area contributed by atoms with E-state index in [2.05, 4.69) is 0 Å². The first-order chi connectivity index (χ1) is 9.35. The van der Waals surface area contributed by atoms with Gasteiger partial charge in [0.1, 0.15) is 0 Å². The maximum Gasteiger partial charge on any atom is 0.309 e. The standard InChI is InChI=1S/C15H19NO4/c1-15(2,14(18)19)10-9-12-5-3-11(4-6-12)7-8-13(17)16-20/h3-8,20H,9-10H2,1-2H3,(H,16,17)(H,18,19)/b8-7+. The maximum absolute atomic E-state index is 11.0. The lowest BCUT2D eigenvalue weighted by atomic mass is 9.86. The van der Waals surface area contributed by atoms with Crippen LogP contribution < -0.4 is 5.48 Å². The van der Waals surface area contributed by atoms with Gasteiger partial charge in [0.2, 0.25) is 0 Å². The Morgan fingerprint density at radius 3 is 2.35 bits per heavy atom. The van der Waals surface area contributed by atoms with E-state index in [1.54, 1.807) is 19.9 Å². The van der Waals surface area contributed by atoms with Gasteiger partial charge in [0, 0.05) is 6.08 Å². The fourth-order valence-electron chi connectivity index (χ4n) is 1.57. The molecule has 0 saturated heterocycles. The van der Waals surface area contributed by atoms with Gasteiger partial charge < -0.3 is 5.11 Å². The summed E-state index contributed by atoms with van der Waals surface area (Å²) in [7, 11) is 0. The third-order valence-corrected chi connectivity index (χ3v) is 3.13. The summed E-state index contributed by atoms with van der Waals surface area (Å²) in [6, 6.07) is 7.47. The third kappa shape index (κ3) is 4.85. The van der Waals surface area contributed by atoms with E-state index in [0.29, 0.717) is 12.8 Å². The molecule has 5 nitrogen and oxygen atoms in total. The van der Waals surface area contributed by atoms with E-state index < -0.39 is 17.3 Å². The molecule has 1 rings (SSSR count). The molecule has 0 fully saturated rings. The Balaban J connectivity index is 2.61. The molecule has 0 unspecified atom stereocenters. The molecular weight excluding hydrogens is 258 g/mol. The summed E-state index contributed by atoms with van der Waals surface area (Å²) < 4.78 is 0. The first-order valence-corrected chi connectivity index (χ1v) is 6.29. The van der Waals surface area contributed by atoms with Crippen molar-refractivity contribution in [2.24, 2.45) is 5.41 Å². The van der Waals surface area contributed by atoms with Crippen molar-refractivity contribution in [1.82, 2.24) is 5.48 Å². The molecule has 1 aromatic rings. The van der Waals surface area contributed by atoms with Crippen molar-refractivity contribution < 1.29 is 19.9 Å². The highest BCUT2D eigenvalue weighted by Gasteiger charge is 2.26. The van der Waals surface area contributed by atoms with Gasteiger partial charge in [-0.1, -0.05) is 24.3 Å². The number of carboxylic acids is 1. The largest absolute Gasteiger partial charge is 0.481 e. The molecule has 1 amide bonds. The first kappa shape index (κ1) is 15.9. The lowest BCUT2D eigenvalue weighted by Gasteiger charge is -2.18. The number of hydrogen-bond acceptors (Lipinski definition) is 3. The zero-order chi connectivity index (χ0) is 15.2. The number of aliphatic carboxylic acids is 1. The second-order valence-electron chi connectivity index (χ2n) is 5.24. The van der Waals surface area contributed by atoms with Gasteiger partial charge in [0.25, 0.3) is 5.91 Å². The van der Waals surface area contributed by atoms with Crippen LogP contribution >= 0.6 is 0 Å². The van der Waals surface area contributed by atoms with Crippen LogP contribution in [-0.4, -0.2) is 22.2 Å². The molecule has 0 saturated carbocycles. The van der Waals surface area contributed by atoms with Crippen LogP contribution in [0, 0.1) is 5.41 Å². The highest BCUT2D eigenvalue weighted by Crippen LogP contribution is 2.23. The summed E-state index contributed by atoms with van der Waals surface area (Å²) in [6.07, 6.45) is 4.05. The minimum absolute atomic E-state index is 0.560. The van der Waals surface area contributed by atoms with Crippen molar-refractivity contribution in [3.05, 3.63) is 41.5 Å². The first-order valence-electron chi connectivity index (χ1n) is 6.29. The minimum atomic E-state index is -0.799. The van der Waals surface area contributed by atoms with Crippen LogP contribution in [0.2, 0.25) is 0 Å². The quantitative estimate of drug-likeness (QED) is 0.423. The van der Waals surface area contributed by atoms with Crippen molar-refractivity contribution in [2.45, 2.75) is 26.7 Å². The molecule has 0 spiro atoms. The van der Waals surface area contributed by atoms with Crippen LogP contribution in [0.25, 0.3) is 6.08 Å². The Labute approximate surface area is 117 Å². The molecule has 0 radical (unpaired) electrons. The molecule has 0 aliphatic heterocycles. The van der Waals surface area contributed by atoms with Crippen LogP contribution in [0.15, 0.2) is 30.3 Å². The van der Waals surface area contributed by atoms with Gasteiger partial charge >= 0.3 is 5.97 Å². The van der Waals surface area contributed by atoms with Crippen LogP contribution in [0.1, 0.15) is 31.4 Å². The topological polar surface area (TPSA) is 86.6 Å². The van der Waals surface area contributed by atoms with E-state index in [1.165, 1.54) is 11.6 Å². The average molecular weight is 277 g/mol. The van der Waals surface area contributed by atoms with Gasteiger partial charge in [-0.15, -0.1) is 0 Å². The number of hydroxylamine groups is 1. The summed E-state index contributed by atoms with van der Waals surface area (Å²) in [4.78, 5) is 21.8. The third-order valence-electron chi connectivity index (χ3n) is 3.13. The lowest BCUT2D eigenvalue weighted by Crippen LogP contribution is -2.24. The van der Waals surface area contributed by atoms with E-state index in [4.69, 9.17) is 10.3 Å². The average Bonchev–Trinajstić information content (AvgIpc) is 2.43. The van der Waals surface area contributed by atoms with Crippen molar-refractivity contribution >= 4 is 18.0 Å². The molecule has 0 aliphatic carbocycles. The fraction of sp³-hybridized carbons (Fsp3) is 0.333. The molecule has 0 aliphatic rings. The van der Waals surface area contributed by atoms with Crippen LogP contribution in [-0.2, 0) is 16.0 Å². The Hall–Kier alpha value is -2.14. The molecule has 0 atom stereocenters. The second kappa shape index (κ2) is 6.86. The van der Waals surface area contributed by atoms with Gasteiger partial charge in [0.05, 0.1) is 5.41 Å². The molecule has 3 N–H and O–H groups in total. The van der Waals surface area contributed by atoms with Crippen molar-refractivity contribution in [1.29, 1.82) is 0 Å². The predicted molar refractivity (Wildman–Crippen MR) is 75.1 cm³/mol. The zero-order valence-corrected chi connectivity index (χ0v) is 11.6. The van der Waals surface area contributed by atoms with Crippen molar-refractivity contribution in [2.75, 3.05) is 0 Å². The van der Waals surface area contributed by atoms with Gasteiger partial charge in [0.15, 0.2) is 0 Å². The minimum Gasteiger partial charge on any atom is -0.481 e. The zero-order valence-electron chi connectivity index (χ0n) is 11.6. The number of benzene rings is 1. The van der Waals surface area contributed by atoms with Gasteiger partial charge in [-0.2, -0.15) is 0 Å². The van der Waals surface area contributed by atoms with Crippen molar-refractivity contribution in [3.63, 3.8) is 0 Å². The SMILES string of the molecule is CC(C)(CCc1ccc(/C=C/C(=O)NO)cc1)C(=O)O. The molecular formula is C15H19NO4. The van der Waals surface area contributed by atoms with E-state index in [-0.39, 0.29) is 0 Å². The Bertz CT molecular complexity index is 503. The highest BCUT2D eigenvalue weighted by atomic mass is 16.5. The molecule has 108 valence electrons. The number of carboxylic acid groups (broad SMARTS) is 1.